The monoisotopic (exact) mass is 255 g/mol. The Kier molecular flexibility index (Phi) is 4.71. The maximum absolute atomic E-state index is 11.1. The molecule has 1 heterocycles. The van der Waals surface area contributed by atoms with Crippen molar-refractivity contribution in [1.29, 1.82) is 0 Å². The minimum atomic E-state index is -0.999. The van der Waals surface area contributed by atoms with Crippen LogP contribution in [0.25, 0.3) is 0 Å². The fraction of sp³-hybridized carbons (Fsp3) is 0.273. The van der Waals surface area contributed by atoms with Gasteiger partial charge in [-0.1, -0.05) is 0 Å². The standard InChI is InChI=1S/C11H13NO4S/c1-7(5-9(13)16-2)12-10(11(14)15)8-3-4-17-6-8/h3-6,10,12H,1-2H3,(H,14,15). The van der Waals surface area contributed by atoms with Gasteiger partial charge in [-0.25, -0.2) is 9.59 Å². The maximum Gasteiger partial charge on any atom is 0.332 e. The quantitative estimate of drug-likeness (QED) is 0.616. The summed E-state index contributed by atoms with van der Waals surface area (Å²) in [5.41, 5.74) is 1.09. The number of carbonyl (C=O) groups excluding carboxylic acids is 1. The number of carboxylic acid groups (broad SMARTS) is 1. The molecule has 1 unspecified atom stereocenters. The second-order valence-electron chi connectivity index (χ2n) is 3.32. The number of esters is 1. The highest BCUT2D eigenvalue weighted by Gasteiger charge is 2.19. The maximum atomic E-state index is 11.1. The third-order valence-corrected chi connectivity index (χ3v) is 2.73. The fourth-order valence-electron chi connectivity index (χ4n) is 1.23. The van der Waals surface area contributed by atoms with Crippen molar-refractivity contribution in [2.24, 2.45) is 0 Å². The fourth-order valence-corrected chi connectivity index (χ4v) is 1.92. The molecule has 0 aliphatic heterocycles. The van der Waals surface area contributed by atoms with Crippen molar-refractivity contribution in [3.8, 4) is 0 Å². The van der Waals surface area contributed by atoms with Gasteiger partial charge >= 0.3 is 11.9 Å². The first-order valence-corrected chi connectivity index (χ1v) is 5.76. The smallest absolute Gasteiger partial charge is 0.332 e. The van der Waals surface area contributed by atoms with Crippen molar-refractivity contribution >= 4 is 23.3 Å². The molecule has 0 spiro atoms. The Hall–Kier alpha value is -1.82. The van der Waals surface area contributed by atoms with Crippen LogP contribution in [0.1, 0.15) is 18.5 Å². The summed E-state index contributed by atoms with van der Waals surface area (Å²) in [7, 11) is 1.26. The number of methoxy groups -OCH3 is 1. The first kappa shape index (κ1) is 13.2. The van der Waals surface area contributed by atoms with Gasteiger partial charge in [0.25, 0.3) is 0 Å². The van der Waals surface area contributed by atoms with Gasteiger partial charge in [-0.3, -0.25) is 0 Å². The number of rotatable bonds is 5. The molecule has 2 N–H and O–H groups in total. The minimum absolute atomic E-state index is 0.440. The summed E-state index contributed by atoms with van der Waals surface area (Å²) in [5, 5.41) is 15.4. The zero-order chi connectivity index (χ0) is 12.8. The van der Waals surface area contributed by atoms with Crippen molar-refractivity contribution in [1.82, 2.24) is 5.32 Å². The lowest BCUT2D eigenvalue weighted by Crippen LogP contribution is -2.27. The topological polar surface area (TPSA) is 75.6 Å². The van der Waals surface area contributed by atoms with Crippen LogP contribution < -0.4 is 5.32 Å². The van der Waals surface area contributed by atoms with Crippen molar-refractivity contribution in [2.75, 3.05) is 7.11 Å². The molecule has 0 aliphatic rings. The normalized spacial score (nSPS) is 12.9. The van der Waals surface area contributed by atoms with Gasteiger partial charge in [0, 0.05) is 11.8 Å². The van der Waals surface area contributed by atoms with Gasteiger partial charge in [0.05, 0.1) is 7.11 Å². The Bertz CT molecular complexity index is 425. The molecule has 0 radical (unpaired) electrons. The van der Waals surface area contributed by atoms with Crippen LogP contribution in [0.5, 0.6) is 0 Å². The summed E-state index contributed by atoms with van der Waals surface area (Å²) in [6.07, 6.45) is 1.21. The SMILES string of the molecule is COC(=O)C=C(C)NC(C(=O)O)c1ccsc1. The molecule has 1 aromatic rings. The molecule has 0 amide bonds. The molecular formula is C11H13NO4S. The summed E-state index contributed by atoms with van der Waals surface area (Å²) in [6.45, 7) is 1.61. The van der Waals surface area contributed by atoms with Crippen LogP contribution in [-0.4, -0.2) is 24.2 Å². The molecule has 1 atom stereocenters. The Morgan fingerprint density at radius 2 is 2.29 bits per heavy atom. The molecule has 0 bridgehead atoms. The average Bonchev–Trinajstić information content (AvgIpc) is 2.78. The van der Waals surface area contributed by atoms with E-state index in [2.05, 4.69) is 10.1 Å². The second-order valence-corrected chi connectivity index (χ2v) is 4.10. The third kappa shape index (κ3) is 3.92. The van der Waals surface area contributed by atoms with Gasteiger partial charge in [-0.15, -0.1) is 0 Å². The molecule has 0 aliphatic carbocycles. The van der Waals surface area contributed by atoms with E-state index >= 15 is 0 Å². The minimum Gasteiger partial charge on any atom is -0.479 e. The highest BCUT2D eigenvalue weighted by molar-refractivity contribution is 7.08. The number of aliphatic carboxylic acids is 1. The number of carboxylic acids is 1. The molecule has 92 valence electrons. The van der Waals surface area contributed by atoms with Crippen LogP contribution in [0.3, 0.4) is 0 Å². The zero-order valence-corrected chi connectivity index (χ0v) is 10.3. The lowest BCUT2D eigenvalue weighted by molar-refractivity contribution is -0.139. The molecule has 0 fully saturated rings. The van der Waals surface area contributed by atoms with Crippen LogP contribution in [0.2, 0.25) is 0 Å². The van der Waals surface area contributed by atoms with E-state index in [1.165, 1.54) is 24.5 Å². The number of hydrogen-bond acceptors (Lipinski definition) is 5. The van der Waals surface area contributed by atoms with Crippen molar-refractivity contribution in [2.45, 2.75) is 13.0 Å². The molecule has 0 saturated carbocycles. The van der Waals surface area contributed by atoms with E-state index in [-0.39, 0.29) is 0 Å². The van der Waals surface area contributed by atoms with Gasteiger partial charge in [0.15, 0.2) is 6.04 Å². The Morgan fingerprint density at radius 1 is 1.59 bits per heavy atom. The number of ether oxygens (including phenoxy) is 1. The molecule has 5 nitrogen and oxygen atoms in total. The number of hydrogen-bond donors (Lipinski definition) is 2. The molecule has 17 heavy (non-hydrogen) atoms. The van der Waals surface area contributed by atoms with Crippen molar-refractivity contribution in [3.63, 3.8) is 0 Å². The van der Waals surface area contributed by atoms with Gasteiger partial charge in [-0.2, -0.15) is 11.3 Å². The number of thiophene rings is 1. The zero-order valence-electron chi connectivity index (χ0n) is 9.47. The van der Waals surface area contributed by atoms with Crippen LogP contribution >= 0.6 is 11.3 Å². The predicted molar refractivity (Wildman–Crippen MR) is 63.6 cm³/mol. The number of carbonyl (C=O) groups is 2. The highest BCUT2D eigenvalue weighted by Crippen LogP contribution is 2.17. The van der Waals surface area contributed by atoms with Gasteiger partial charge in [0.2, 0.25) is 0 Å². The Morgan fingerprint density at radius 3 is 2.76 bits per heavy atom. The Labute approximate surface area is 103 Å². The molecular weight excluding hydrogens is 242 g/mol. The molecule has 0 saturated heterocycles. The second kappa shape index (κ2) is 6.05. The van der Waals surface area contributed by atoms with E-state index in [1.54, 1.807) is 23.8 Å². The first-order chi connectivity index (χ1) is 8.04. The average molecular weight is 255 g/mol. The molecule has 1 rings (SSSR count). The van der Waals surface area contributed by atoms with Gasteiger partial charge in [0.1, 0.15) is 0 Å². The van der Waals surface area contributed by atoms with E-state index in [0.717, 1.165) is 0 Å². The van der Waals surface area contributed by atoms with Crippen LogP contribution in [0.4, 0.5) is 0 Å². The van der Waals surface area contributed by atoms with E-state index in [1.807, 2.05) is 0 Å². The van der Waals surface area contributed by atoms with E-state index in [4.69, 9.17) is 5.11 Å². The summed E-state index contributed by atoms with van der Waals surface area (Å²) in [5.74, 6) is -1.52. The summed E-state index contributed by atoms with van der Waals surface area (Å²) in [4.78, 5) is 22.1. The summed E-state index contributed by atoms with van der Waals surface area (Å²) >= 11 is 1.42. The van der Waals surface area contributed by atoms with E-state index in [9.17, 15) is 9.59 Å². The molecule has 0 aromatic carbocycles. The highest BCUT2D eigenvalue weighted by atomic mass is 32.1. The number of nitrogens with one attached hydrogen (secondary N) is 1. The lowest BCUT2D eigenvalue weighted by atomic mass is 10.1. The van der Waals surface area contributed by atoms with Crippen molar-refractivity contribution in [3.05, 3.63) is 34.2 Å². The van der Waals surface area contributed by atoms with Crippen LogP contribution in [-0.2, 0) is 14.3 Å². The summed E-state index contributed by atoms with van der Waals surface area (Å²) < 4.78 is 4.45. The van der Waals surface area contributed by atoms with Crippen LogP contribution in [0, 0.1) is 0 Å². The first-order valence-electron chi connectivity index (χ1n) is 4.82. The van der Waals surface area contributed by atoms with E-state index < -0.39 is 18.0 Å². The molecule has 6 heteroatoms. The third-order valence-electron chi connectivity index (χ3n) is 2.03. The van der Waals surface area contributed by atoms with Crippen molar-refractivity contribution < 1.29 is 19.4 Å². The van der Waals surface area contributed by atoms with E-state index in [0.29, 0.717) is 11.3 Å². The lowest BCUT2D eigenvalue weighted by Gasteiger charge is -2.14. The van der Waals surface area contributed by atoms with Gasteiger partial charge in [-0.05, 0) is 29.3 Å². The predicted octanol–water partition coefficient (Wildman–Crippen LogP) is 1.54. The summed E-state index contributed by atoms with van der Waals surface area (Å²) in [6, 6.07) is 0.865. The van der Waals surface area contributed by atoms with Crippen LogP contribution in [0.15, 0.2) is 28.6 Å². The van der Waals surface area contributed by atoms with Gasteiger partial charge < -0.3 is 15.2 Å². The Balaban J connectivity index is 2.79. The molecule has 1 aromatic heterocycles. The number of allylic oxidation sites excluding steroid dienone is 1. The largest absolute Gasteiger partial charge is 0.479 e.